The summed E-state index contributed by atoms with van der Waals surface area (Å²) in [5.41, 5.74) is 3.24. The number of pyridine rings is 1. The van der Waals surface area contributed by atoms with Gasteiger partial charge in [0.2, 0.25) is 0 Å². The monoisotopic (exact) mass is 338 g/mol. The zero-order valence-electron chi connectivity index (χ0n) is 11.0. The molecule has 1 unspecified atom stereocenters. The third-order valence-corrected chi connectivity index (χ3v) is 3.96. The molecule has 0 saturated heterocycles. The maximum absolute atomic E-state index is 5.94. The summed E-state index contributed by atoms with van der Waals surface area (Å²) in [6.45, 7) is 4.12. The van der Waals surface area contributed by atoms with Crippen LogP contribution in [0.3, 0.4) is 0 Å². The minimum Gasteiger partial charge on any atom is -0.377 e. The van der Waals surface area contributed by atoms with E-state index in [0.29, 0.717) is 5.15 Å². The Balaban J connectivity index is 2.18. The summed E-state index contributed by atoms with van der Waals surface area (Å²) >= 11 is 9.40. The molecule has 1 N–H and O–H groups in total. The Morgan fingerprint density at radius 2 is 2.00 bits per heavy atom. The predicted octanol–water partition coefficient (Wildman–Crippen LogP) is 5.37. The van der Waals surface area contributed by atoms with E-state index in [1.807, 2.05) is 13.0 Å². The number of rotatable bonds is 4. The number of hydrogen-bond donors (Lipinski definition) is 1. The van der Waals surface area contributed by atoms with Crippen LogP contribution in [0.2, 0.25) is 5.15 Å². The molecule has 0 aliphatic heterocycles. The SMILES string of the molecule is CCC(Nc1cnc(Cl)c(C)c1)c1ccc(Br)cc1. The molecular weight excluding hydrogens is 324 g/mol. The van der Waals surface area contributed by atoms with E-state index in [4.69, 9.17) is 11.6 Å². The van der Waals surface area contributed by atoms with Gasteiger partial charge in [-0.15, -0.1) is 0 Å². The Bertz CT molecular complexity index is 555. The van der Waals surface area contributed by atoms with Crippen molar-refractivity contribution >= 4 is 33.2 Å². The summed E-state index contributed by atoms with van der Waals surface area (Å²) in [5, 5.41) is 4.05. The van der Waals surface area contributed by atoms with Gasteiger partial charge in [-0.05, 0) is 42.7 Å². The maximum atomic E-state index is 5.94. The third kappa shape index (κ3) is 3.71. The van der Waals surface area contributed by atoms with Gasteiger partial charge in [-0.25, -0.2) is 4.98 Å². The molecule has 19 heavy (non-hydrogen) atoms. The molecule has 0 aliphatic carbocycles. The van der Waals surface area contributed by atoms with E-state index in [0.717, 1.165) is 22.1 Å². The van der Waals surface area contributed by atoms with Crippen molar-refractivity contribution in [2.75, 3.05) is 5.32 Å². The highest BCUT2D eigenvalue weighted by atomic mass is 79.9. The topological polar surface area (TPSA) is 24.9 Å². The predicted molar refractivity (Wildman–Crippen MR) is 84.8 cm³/mol. The van der Waals surface area contributed by atoms with E-state index in [-0.39, 0.29) is 6.04 Å². The van der Waals surface area contributed by atoms with Crippen LogP contribution < -0.4 is 5.32 Å². The van der Waals surface area contributed by atoms with Crippen LogP contribution in [0.15, 0.2) is 41.0 Å². The van der Waals surface area contributed by atoms with Gasteiger partial charge in [0.1, 0.15) is 5.15 Å². The molecule has 0 radical (unpaired) electrons. The lowest BCUT2D eigenvalue weighted by Gasteiger charge is -2.19. The number of nitrogens with one attached hydrogen (secondary N) is 1. The van der Waals surface area contributed by atoms with Gasteiger partial charge in [-0.2, -0.15) is 0 Å². The summed E-state index contributed by atoms with van der Waals surface area (Å²) in [7, 11) is 0. The Morgan fingerprint density at radius 3 is 2.58 bits per heavy atom. The molecule has 1 heterocycles. The van der Waals surface area contributed by atoms with Crippen LogP contribution in [-0.2, 0) is 0 Å². The number of anilines is 1. The first-order valence-electron chi connectivity index (χ1n) is 6.24. The summed E-state index contributed by atoms with van der Waals surface area (Å²) in [5.74, 6) is 0. The van der Waals surface area contributed by atoms with Crippen LogP contribution in [-0.4, -0.2) is 4.98 Å². The average molecular weight is 340 g/mol. The minimum atomic E-state index is 0.274. The fraction of sp³-hybridized carbons (Fsp3) is 0.267. The lowest BCUT2D eigenvalue weighted by atomic mass is 10.0. The Labute approximate surface area is 127 Å². The van der Waals surface area contributed by atoms with E-state index < -0.39 is 0 Å². The van der Waals surface area contributed by atoms with Gasteiger partial charge in [0.15, 0.2) is 0 Å². The van der Waals surface area contributed by atoms with Crippen LogP contribution in [0.1, 0.15) is 30.5 Å². The van der Waals surface area contributed by atoms with Crippen molar-refractivity contribution in [2.45, 2.75) is 26.3 Å². The molecule has 0 amide bonds. The van der Waals surface area contributed by atoms with Crippen molar-refractivity contribution < 1.29 is 0 Å². The van der Waals surface area contributed by atoms with Crippen LogP contribution in [0.25, 0.3) is 0 Å². The second-order valence-corrected chi connectivity index (χ2v) is 5.76. The van der Waals surface area contributed by atoms with Gasteiger partial charge >= 0.3 is 0 Å². The van der Waals surface area contributed by atoms with Gasteiger partial charge in [-0.3, -0.25) is 0 Å². The molecule has 2 aromatic rings. The van der Waals surface area contributed by atoms with Crippen molar-refractivity contribution in [1.82, 2.24) is 4.98 Å². The number of benzene rings is 1. The molecule has 1 atom stereocenters. The molecule has 0 bridgehead atoms. The quantitative estimate of drug-likeness (QED) is 0.758. The van der Waals surface area contributed by atoms with Crippen molar-refractivity contribution in [3.8, 4) is 0 Å². The summed E-state index contributed by atoms with van der Waals surface area (Å²) < 4.78 is 1.09. The van der Waals surface area contributed by atoms with Crippen molar-refractivity contribution in [1.29, 1.82) is 0 Å². The lowest BCUT2D eigenvalue weighted by molar-refractivity contribution is 0.748. The van der Waals surface area contributed by atoms with E-state index in [1.54, 1.807) is 6.20 Å². The second kappa shape index (κ2) is 6.40. The molecule has 1 aromatic heterocycles. The van der Waals surface area contributed by atoms with Crippen LogP contribution in [0, 0.1) is 6.92 Å². The fourth-order valence-electron chi connectivity index (χ4n) is 1.95. The van der Waals surface area contributed by atoms with Gasteiger partial charge in [0.05, 0.1) is 17.9 Å². The Kier molecular flexibility index (Phi) is 4.83. The van der Waals surface area contributed by atoms with E-state index in [9.17, 15) is 0 Å². The minimum absolute atomic E-state index is 0.274. The van der Waals surface area contributed by atoms with Gasteiger partial charge in [0.25, 0.3) is 0 Å². The molecule has 0 saturated carbocycles. The Hall–Kier alpha value is -1.06. The number of halogens is 2. The largest absolute Gasteiger partial charge is 0.377 e. The molecule has 0 aliphatic rings. The first-order chi connectivity index (χ1) is 9.10. The standard InChI is InChI=1S/C15H16BrClN2/c1-3-14(11-4-6-12(16)7-5-11)19-13-8-10(2)15(17)18-9-13/h4-9,14,19H,3H2,1-2H3. The zero-order valence-corrected chi connectivity index (χ0v) is 13.3. The van der Waals surface area contributed by atoms with Crippen LogP contribution in [0.5, 0.6) is 0 Å². The normalized spacial score (nSPS) is 12.2. The first kappa shape index (κ1) is 14.4. The molecule has 100 valence electrons. The summed E-state index contributed by atoms with van der Waals surface area (Å²) in [6, 6.07) is 10.7. The van der Waals surface area contributed by atoms with Gasteiger partial charge in [0, 0.05) is 4.47 Å². The average Bonchev–Trinajstić information content (AvgIpc) is 2.41. The molecular formula is C15H16BrClN2. The van der Waals surface area contributed by atoms with Crippen molar-refractivity contribution in [3.05, 3.63) is 57.3 Å². The van der Waals surface area contributed by atoms with E-state index in [1.165, 1.54) is 5.56 Å². The number of hydrogen-bond acceptors (Lipinski definition) is 2. The number of aryl methyl sites for hydroxylation is 1. The fourth-order valence-corrected chi connectivity index (χ4v) is 2.32. The van der Waals surface area contributed by atoms with E-state index in [2.05, 4.69) is 57.4 Å². The van der Waals surface area contributed by atoms with Gasteiger partial charge < -0.3 is 5.32 Å². The smallest absolute Gasteiger partial charge is 0.132 e. The molecule has 4 heteroatoms. The highest BCUT2D eigenvalue weighted by Gasteiger charge is 2.09. The summed E-state index contributed by atoms with van der Waals surface area (Å²) in [6.07, 6.45) is 2.78. The second-order valence-electron chi connectivity index (χ2n) is 4.49. The molecule has 0 fully saturated rings. The zero-order chi connectivity index (χ0) is 13.8. The number of nitrogens with zero attached hydrogens (tertiary/aromatic N) is 1. The van der Waals surface area contributed by atoms with Crippen molar-refractivity contribution in [3.63, 3.8) is 0 Å². The van der Waals surface area contributed by atoms with Crippen LogP contribution in [0.4, 0.5) is 5.69 Å². The Morgan fingerprint density at radius 1 is 1.32 bits per heavy atom. The highest BCUT2D eigenvalue weighted by molar-refractivity contribution is 9.10. The highest BCUT2D eigenvalue weighted by Crippen LogP contribution is 2.25. The lowest BCUT2D eigenvalue weighted by Crippen LogP contribution is -2.10. The van der Waals surface area contributed by atoms with Crippen LogP contribution >= 0.6 is 27.5 Å². The molecule has 2 nitrogen and oxygen atoms in total. The first-order valence-corrected chi connectivity index (χ1v) is 7.41. The summed E-state index contributed by atoms with van der Waals surface area (Å²) in [4.78, 5) is 4.17. The molecule has 1 aromatic carbocycles. The molecule has 0 spiro atoms. The van der Waals surface area contributed by atoms with Gasteiger partial charge in [-0.1, -0.05) is 46.6 Å². The number of aromatic nitrogens is 1. The van der Waals surface area contributed by atoms with E-state index >= 15 is 0 Å². The van der Waals surface area contributed by atoms with Crippen molar-refractivity contribution in [2.24, 2.45) is 0 Å². The third-order valence-electron chi connectivity index (χ3n) is 3.04. The maximum Gasteiger partial charge on any atom is 0.132 e. The molecule has 2 rings (SSSR count).